The van der Waals surface area contributed by atoms with Crippen LogP contribution in [0.1, 0.15) is 12.0 Å². The standard InChI is InChI=1S/C18H19NO3/c20-15-12-18(21)19(13-15)11-10-14-6-8-17(9-7-14)22-16-4-2-1-3-5-16/h1-9,15,20H,10-13H2. The number of hydrogen-bond donors (Lipinski definition) is 1. The number of carbonyl (C=O) groups excluding carboxylic acids is 1. The second-order valence-corrected chi connectivity index (χ2v) is 5.51. The highest BCUT2D eigenvalue weighted by atomic mass is 16.5. The summed E-state index contributed by atoms with van der Waals surface area (Å²) in [7, 11) is 0. The van der Waals surface area contributed by atoms with Crippen molar-refractivity contribution < 1.29 is 14.6 Å². The molecule has 22 heavy (non-hydrogen) atoms. The Balaban J connectivity index is 1.54. The number of rotatable bonds is 5. The van der Waals surface area contributed by atoms with Gasteiger partial charge < -0.3 is 14.7 Å². The Morgan fingerprint density at radius 1 is 1.05 bits per heavy atom. The normalized spacial score (nSPS) is 17.8. The predicted molar refractivity (Wildman–Crippen MR) is 83.9 cm³/mol. The SMILES string of the molecule is O=C1CC(O)CN1CCc1ccc(Oc2ccccc2)cc1. The molecule has 0 aromatic heterocycles. The molecule has 0 saturated carbocycles. The second-order valence-electron chi connectivity index (χ2n) is 5.51. The van der Waals surface area contributed by atoms with Crippen molar-refractivity contribution in [3.63, 3.8) is 0 Å². The van der Waals surface area contributed by atoms with Crippen LogP contribution < -0.4 is 4.74 Å². The van der Waals surface area contributed by atoms with E-state index in [0.717, 1.165) is 23.5 Å². The quantitative estimate of drug-likeness (QED) is 0.923. The molecular weight excluding hydrogens is 278 g/mol. The summed E-state index contributed by atoms with van der Waals surface area (Å²) in [5.74, 6) is 1.64. The van der Waals surface area contributed by atoms with Gasteiger partial charge in [-0.1, -0.05) is 30.3 Å². The van der Waals surface area contributed by atoms with Crippen LogP contribution in [0, 0.1) is 0 Å². The lowest BCUT2D eigenvalue weighted by molar-refractivity contribution is -0.127. The topological polar surface area (TPSA) is 49.8 Å². The lowest BCUT2D eigenvalue weighted by Gasteiger charge is -2.15. The van der Waals surface area contributed by atoms with Crippen LogP contribution >= 0.6 is 0 Å². The Labute approximate surface area is 130 Å². The average Bonchev–Trinajstić information content (AvgIpc) is 2.85. The van der Waals surface area contributed by atoms with E-state index in [4.69, 9.17) is 4.74 Å². The molecule has 1 unspecified atom stereocenters. The van der Waals surface area contributed by atoms with Crippen LogP contribution in [0.15, 0.2) is 54.6 Å². The molecule has 4 heteroatoms. The molecule has 1 amide bonds. The van der Waals surface area contributed by atoms with Gasteiger partial charge >= 0.3 is 0 Å². The Kier molecular flexibility index (Phi) is 4.39. The Morgan fingerprint density at radius 2 is 1.73 bits per heavy atom. The second kappa shape index (κ2) is 6.62. The number of amides is 1. The largest absolute Gasteiger partial charge is 0.457 e. The summed E-state index contributed by atoms with van der Waals surface area (Å²) in [5, 5.41) is 9.46. The minimum absolute atomic E-state index is 0.0385. The van der Waals surface area contributed by atoms with Crippen LogP contribution in [0.25, 0.3) is 0 Å². The van der Waals surface area contributed by atoms with Crippen molar-refractivity contribution in [1.29, 1.82) is 0 Å². The summed E-state index contributed by atoms with van der Waals surface area (Å²) in [4.78, 5) is 13.3. The third-order valence-corrected chi connectivity index (χ3v) is 3.77. The Hall–Kier alpha value is -2.33. The Bertz CT molecular complexity index is 625. The van der Waals surface area contributed by atoms with Crippen molar-refractivity contribution in [2.75, 3.05) is 13.1 Å². The minimum atomic E-state index is -0.505. The van der Waals surface area contributed by atoms with Crippen LogP contribution in [-0.4, -0.2) is 35.1 Å². The zero-order valence-electron chi connectivity index (χ0n) is 12.3. The van der Waals surface area contributed by atoms with Crippen molar-refractivity contribution in [2.24, 2.45) is 0 Å². The summed E-state index contributed by atoms with van der Waals surface area (Å²) < 4.78 is 5.74. The van der Waals surface area contributed by atoms with Gasteiger partial charge in [0, 0.05) is 13.1 Å². The molecule has 2 aromatic carbocycles. The number of benzene rings is 2. The monoisotopic (exact) mass is 297 g/mol. The molecule has 2 aromatic rings. The van der Waals surface area contributed by atoms with E-state index in [1.165, 1.54) is 0 Å². The summed E-state index contributed by atoms with van der Waals surface area (Å²) >= 11 is 0. The van der Waals surface area contributed by atoms with E-state index in [0.29, 0.717) is 13.1 Å². The third kappa shape index (κ3) is 3.65. The molecule has 3 rings (SSSR count). The number of hydrogen-bond acceptors (Lipinski definition) is 3. The maximum Gasteiger partial charge on any atom is 0.225 e. The molecule has 1 fully saturated rings. The van der Waals surface area contributed by atoms with Crippen molar-refractivity contribution in [3.05, 3.63) is 60.2 Å². The fourth-order valence-corrected chi connectivity index (χ4v) is 2.58. The van der Waals surface area contributed by atoms with E-state index in [9.17, 15) is 9.90 Å². The van der Waals surface area contributed by atoms with E-state index in [-0.39, 0.29) is 12.3 Å². The van der Waals surface area contributed by atoms with Gasteiger partial charge in [-0.15, -0.1) is 0 Å². The number of ether oxygens (including phenoxy) is 1. The summed E-state index contributed by atoms with van der Waals surface area (Å²) in [6.45, 7) is 1.10. The lowest BCUT2D eigenvalue weighted by atomic mass is 10.1. The molecule has 1 saturated heterocycles. The first-order valence-corrected chi connectivity index (χ1v) is 7.48. The van der Waals surface area contributed by atoms with Crippen molar-refractivity contribution in [2.45, 2.75) is 18.9 Å². The highest BCUT2D eigenvalue weighted by molar-refractivity contribution is 5.79. The zero-order chi connectivity index (χ0) is 15.4. The van der Waals surface area contributed by atoms with Gasteiger partial charge in [0.15, 0.2) is 0 Å². The first-order chi connectivity index (χ1) is 10.7. The van der Waals surface area contributed by atoms with E-state index < -0.39 is 6.10 Å². The third-order valence-electron chi connectivity index (χ3n) is 3.77. The summed E-state index contributed by atoms with van der Waals surface area (Å²) in [5.41, 5.74) is 1.15. The highest BCUT2D eigenvalue weighted by Crippen LogP contribution is 2.21. The van der Waals surface area contributed by atoms with Gasteiger partial charge in [0.05, 0.1) is 12.5 Å². The molecule has 1 atom stereocenters. The fraction of sp³-hybridized carbons (Fsp3) is 0.278. The van der Waals surface area contributed by atoms with E-state index >= 15 is 0 Å². The highest BCUT2D eigenvalue weighted by Gasteiger charge is 2.27. The van der Waals surface area contributed by atoms with Gasteiger partial charge in [-0.25, -0.2) is 0 Å². The van der Waals surface area contributed by atoms with Crippen LogP contribution in [-0.2, 0) is 11.2 Å². The van der Waals surface area contributed by atoms with Gasteiger partial charge in [-0.2, -0.15) is 0 Å². The predicted octanol–water partition coefficient (Wildman–Crippen LogP) is 2.61. The van der Waals surface area contributed by atoms with Crippen molar-refractivity contribution in [1.82, 2.24) is 4.90 Å². The zero-order valence-corrected chi connectivity index (χ0v) is 12.3. The van der Waals surface area contributed by atoms with Crippen molar-refractivity contribution >= 4 is 5.91 Å². The van der Waals surface area contributed by atoms with Crippen LogP contribution in [0.5, 0.6) is 11.5 Å². The molecule has 0 spiro atoms. The first kappa shape index (κ1) is 14.6. The number of carbonyl (C=O) groups is 1. The van der Waals surface area contributed by atoms with Gasteiger partial charge in [-0.3, -0.25) is 4.79 Å². The molecule has 4 nitrogen and oxygen atoms in total. The smallest absolute Gasteiger partial charge is 0.225 e. The Morgan fingerprint density at radius 3 is 2.36 bits per heavy atom. The van der Waals surface area contributed by atoms with Gasteiger partial charge in [0.2, 0.25) is 5.91 Å². The van der Waals surface area contributed by atoms with E-state index in [1.807, 2.05) is 54.6 Å². The van der Waals surface area contributed by atoms with Gasteiger partial charge in [-0.05, 0) is 36.2 Å². The van der Waals surface area contributed by atoms with Crippen LogP contribution in [0.2, 0.25) is 0 Å². The lowest BCUT2D eigenvalue weighted by Crippen LogP contribution is -2.28. The van der Waals surface area contributed by atoms with Crippen molar-refractivity contribution in [3.8, 4) is 11.5 Å². The van der Waals surface area contributed by atoms with Crippen LogP contribution in [0.3, 0.4) is 0 Å². The summed E-state index contributed by atoms with van der Waals surface area (Å²) in [6, 6.07) is 17.5. The average molecular weight is 297 g/mol. The molecule has 0 aliphatic carbocycles. The van der Waals surface area contributed by atoms with E-state index in [2.05, 4.69) is 0 Å². The molecule has 0 radical (unpaired) electrons. The maximum atomic E-state index is 11.6. The maximum absolute atomic E-state index is 11.6. The molecule has 114 valence electrons. The molecular formula is C18H19NO3. The van der Waals surface area contributed by atoms with Crippen LogP contribution in [0.4, 0.5) is 0 Å². The number of aliphatic hydroxyl groups is 1. The number of nitrogens with zero attached hydrogens (tertiary/aromatic N) is 1. The number of likely N-dealkylation sites (tertiary alicyclic amines) is 1. The molecule has 1 heterocycles. The minimum Gasteiger partial charge on any atom is -0.457 e. The first-order valence-electron chi connectivity index (χ1n) is 7.48. The molecule has 1 aliphatic rings. The van der Waals surface area contributed by atoms with Gasteiger partial charge in [0.1, 0.15) is 11.5 Å². The number of aliphatic hydroxyl groups excluding tert-OH is 1. The molecule has 1 N–H and O–H groups in total. The van der Waals surface area contributed by atoms with E-state index in [1.54, 1.807) is 4.90 Å². The molecule has 1 aliphatic heterocycles. The summed E-state index contributed by atoms with van der Waals surface area (Å²) in [6.07, 6.45) is 0.530. The fourth-order valence-electron chi connectivity index (χ4n) is 2.58. The van der Waals surface area contributed by atoms with Gasteiger partial charge in [0.25, 0.3) is 0 Å². The number of β-amino-alcohol motifs (C(OH)–C–C–N with tert-alkyl or cyclic N) is 1. The number of para-hydroxylation sites is 1. The molecule has 0 bridgehead atoms.